The van der Waals surface area contributed by atoms with Crippen molar-refractivity contribution in [3.8, 4) is 0 Å². The van der Waals surface area contributed by atoms with Gasteiger partial charge in [0.1, 0.15) is 10.8 Å². The van der Waals surface area contributed by atoms with E-state index in [4.69, 9.17) is 0 Å². The van der Waals surface area contributed by atoms with E-state index in [1.807, 2.05) is 0 Å². The topological polar surface area (TPSA) is 84.7 Å². The summed E-state index contributed by atoms with van der Waals surface area (Å²) in [4.78, 5) is 9.79. The van der Waals surface area contributed by atoms with Gasteiger partial charge in [0.25, 0.3) is 5.69 Å². The van der Waals surface area contributed by atoms with Crippen molar-refractivity contribution >= 4 is 17.4 Å². The predicted octanol–water partition coefficient (Wildman–Crippen LogP) is 2.14. The average molecular weight is 254 g/mol. The number of benzene rings is 1. The van der Waals surface area contributed by atoms with Crippen LogP contribution in [0.2, 0.25) is 0 Å². The Morgan fingerprint density at radius 1 is 1.53 bits per heavy atom. The fourth-order valence-corrected chi connectivity index (χ4v) is 1.95. The molecular formula is C9H7FN4O2S. The molecule has 88 valence electrons. The number of non-ortho nitro benzene ring substituents is 1. The quantitative estimate of drug-likeness (QED) is 0.513. The van der Waals surface area contributed by atoms with E-state index in [-0.39, 0.29) is 5.69 Å². The first-order valence-electron chi connectivity index (χ1n) is 4.58. The van der Waals surface area contributed by atoms with E-state index in [1.165, 1.54) is 30.1 Å². The third kappa shape index (κ3) is 2.78. The molecule has 0 atom stereocenters. The summed E-state index contributed by atoms with van der Waals surface area (Å²) in [5, 5.41) is 20.9. The summed E-state index contributed by atoms with van der Waals surface area (Å²) in [6, 6.07) is 3.60. The van der Waals surface area contributed by atoms with Crippen molar-refractivity contribution in [2.24, 2.45) is 0 Å². The number of H-pyrrole nitrogens is 1. The smallest absolute Gasteiger partial charge is 0.258 e. The predicted molar refractivity (Wildman–Crippen MR) is 59.0 cm³/mol. The maximum atomic E-state index is 13.5. The average Bonchev–Trinajstić information content (AvgIpc) is 2.80. The van der Waals surface area contributed by atoms with Crippen LogP contribution in [0.4, 0.5) is 10.1 Å². The number of hydrogen-bond acceptors (Lipinski definition) is 5. The van der Waals surface area contributed by atoms with Crippen LogP contribution < -0.4 is 0 Å². The second-order valence-corrected chi connectivity index (χ2v) is 4.13. The van der Waals surface area contributed by atoms with Gasteiger partial charge in [-0.3, -0.25) is 10.1 Å². The van der Waals surface area contributed by atoms with Gasteiger partial charge in [-0.05, 0) is 11.6 Å². The number of nitro benzene ring substituents is 1. The first-order valence-corrected chi connectivity index (χ1v) is 5.57. The van der Waals surface area contributed by atoms with E-state index in [9.17, 15) is 14.5 Å². The highest BCUT2D eigenvalue weighted by molar-refractivity contribution is 7.98. The highest BCUT2D eigenvalue weighted by Gasteiger charge is 2.11. The van der Waals surface area contributed by atoms with Crippen LogP contribution in [0, 0.1) is 15.9 Å². The maximum Gasteiger partial charge on any atom is 0.272 e. The molecule has 17 heavy (non-hydrogen) atoms. The molecule has 8 heteroatoms. The third-order valence-electron chi connectivity index (χ3n) is 2.02. The molecule has 2 rings (SSSR count). The Morgan fingerprint density at radius 3 is 2.94 bits per heavy atom. The van der Waals surface area contributed by atoms with Gasteiger partial charge in [-0.15, -0.1) is 5.10 Å². The van der Waals surface area contributed by atoms with Gasteiger partial charge >= 0.3 is 0 Å². The molecular weight excluding hydrogens is 247 g/mol. The fourth-order valence-electron chi connectivity index (χ4n) is 1.18. The van der Waals surface area contributed by atoms with Gasteiger partial charge in [0, 0.05) is 11.8 Å². The first-order chi connectivity index (χ1) is 8.16. The number of aromatic amines is 1. The minimum Gasteiger partial charge on any atom is -0.258 e. The lowest BCUT2D eigenvalue weighted by atomic mass is 10.2. The van der Waals surface area contributed by atoms with E-state index in [0.717, 1.165) is 6.07 Å². The van der Waals surface area contributed by atoms with E-state index < -0.39 is 10.7 Å². The Balaban J connectivity index is 2.09. The molecule has 0 bridgehead atoms. The second-order valence-electron chi connectivity index (χ2n) is 3.13. The van der Waals surface area contributed by atoms with Crippen LogP contribution in [0.3, 0.4) is 0 Å². The molecule has 0 saturated carbocycles. The first kappa shape index (κ1) is 11.5. The largest absolute Gasteiger partial charge is 0.272 e. The molecule has 2 aromatic rings. The zero-order valence-corrected chi connectivity index (χ0v) is 9.28. The van der Waals surface area contributed by atoms with Crippen molar-refractivity contribution in [3.05, 3.63) is 45.9 Å². The molecule has 0 amide bonds. The Bertz CT molecular complexity index is 532. The van der Waals surface area contributed by atoms with E-state index in [2.05, 4.69) is 15.4 Å². The van der Waals surface area contributed by atoms with Crippen molar-refractivity contribution in [3.63, 3.8) is 0 Å². The van der Waals surface area contributed by atoms with Gasteiger partial charge in [0.05, 0.1) is 17.2 Å². The normalized spacial score (nSPS) is 10.4. The summed E-state index contributed by atoms with van der Waals surface area (Å²) < 4.78 is 13.5. The van der Waals surface area contributed by atoms with Gasteiger partial charge < -0.3 is 0 Å². The van der Waals surface area contributed by atoms with Crippen LogP contribution in [-0.4, -0.2) is 20.3 Å². The number of halogens is 1. The SMILES string of the molecule is O=[N+]([O-])c1ccc(CSc2cn[nH]n2)c(F)c1. The van der Waals surface area contributed by atoms with E-state index >= 15 is 0 Å². The third-order valence-corrected chi connectivity index (χ3v) is 2.96. The van der Waals surface area contributed by atoms with Crippen molar-refractivity contribution in [1.29, 1.82) is 0 Å². The number of nitro groups is 1. The molecule has 1 heterocycles. The Labute approximate surface area is 99.4 Å². The lowest BCUT2D eigenvalue weighted by molar-refractivity contribution is -0.385. The zero-order valence-electron chi connectivity index (χ0n) is 8.46. The minimum absolute atomic E-state index is 0.252. The number of nitrogens with zero attached hydrogens (tertiary/aromatic N) is 3. The summed E-state index contributed by atoms with van der Waals surface area (Å²) in [5.74, 6) is -0.244. The van der Waals surface area contributed by atoms with Crippen molar-refractivity contribution in [2.45, 2.75) is 10.8 Å². The summed E-state index contributed by atoms with van der Waals surface area (Å²) in [7, 11) is 0. The van der Waals surface area contributed by atoms with Gasteiger partial charge in [-0.25, -0.2) is 4.39 Å². The molecule has 1 aromatic heterocycles. The van der Waals surface area contributed by atoms with Crippen LogP contribution in [0.25, 0.3) is 0 Å². The molecule has 0 aliphatic carbocycles. The number of thioether (sulfide) groups is 1. The molecule has 0 unspecified atom stereocenters. The van der Waals surface area contributed by atoms with Crippen LogP contribution in [0.1, 0.15) is 5.56 Å². The molecule has 1 aromatic carbocycles. The molecule has 0 radical (unpaired) electrons. The fraction of sp³-hybridized carbons (Fsp3) is 0.111. The van der Waals surface area contributed by atoms with E-state index in [1.54, 1.807) is 0 Å². The van der Waals surface area contributed by atoms with Crippen molar-refractivity contribution in [1.82, 2.24) is 15.4 Å². The van der Waals surface area contributed by atoms with Gasteiger partial charge in [0.2, 0.25) is 0 Å². The monoisotopic (exact) mass is 254 g/mol. The van der Waals surface area contributed by atoms with Crippen molar-refractivity contribution in [2.75, 3.05) is 0 Å². The molecule has 0 fully saturated rings. The van der Waals surface area contributed by atoms with Crippen LogP contribution in [0.5, 0.6) is 0 Å². The highest BCUT2D eigenvalue weighted by atomic mass is 32.2. The van der Waals surface area contributed by atoms with Gasteiger partial charge in [-0.1, -0.05) is 11.8 Å². The summed E-state index contributed by atoms with van der Waals surface area (Å²) in [6.07, 6.45) is 1.52. The molecule has 6 nitrogen and oxygen atoms in total. The summed E-state index contributed by atoms with van der Waals surface area (Å²) >= 11 is 1.29. The van der Waals surface area contributed by atoms with Crippen LogP contribution >= 0.6 is 11.8 Å². The molecule has 0 aliphatic rings. The van der Waals surface area contributed by atoms with Crippen LogP contribution in [-0.2, 0) is 5.75 Å². The molecule has 0 spiro atoms. The number of nitrogens with one attached hydrogen (secondary N) is 1. The van der Waals surface area contributed by atoms with Gasteiger partial charge in [-0.2, -0.15) is 10.3 Å². The Morgan fingerprint density at radius 2 is 2.35 bits per heavy atom. The highest BCUT2D eigenvalue weighted by Crippen LogP contribution is 2.23. The zero-order chi connectivity index (χ0) is 12.3. The molecule has 1 N–H and O–H groups in total. The van der Waals surface area contributed by atoms with E-state index in [0.29, 0.717) is 16.3 Å². The second kappa shape index (κ2) is 4.91. The van der Waals surface area contributed by atoms with Gasteiger partial charge in [0.15, 0.2) is 0 Å². The molecule has 0 aliphatic heterocycles. The number of aromatic nitrogens is 3. The standard InChI is InChI=1S/C9H7FN4O2S/c10-8-3-7(14(15)16)2-1-6(8)5-17-9-4-11-13-12-9/h1-4H,5H2,(H,11,12,13). The Kier molecular flexibility index (Phi) is 3.33. The Hall–Kier alpha value is -1.96. The number of hydrogen-bond donors (Lipinski definition) is 1. The minimum atomic E-state index is -0.627. The number of rotatable bonds is 4. The van der Waals surface area contributed by atoms with Crippen molar-refractivity contribution < 1.29 is 9.31 Å². The lowest BCUT2D eigenvalue weighted by Crippen LogP contribution is -1.92. The molecule has 0 saturated heterocycles. The summed E-state index contributed by atoms with van der Waals surface area (Å²) in [5.41, 5.74) is 0.140. The lowest BCUT2D eigenvalue weighted by Gasteiger charge is -2.00. The van der Waals surface area contributed by atoms with Crippen LogP contribution in [0.15, 0.2) is 29.4 Å². The summed E-state index contributed by atoms with van der Waals surface area (Å²) in [6.45, 7) is 0. The maximum absolute atomic E-state index is 13.5.